The van der Waals surface area contributed by atoms with Gasteiger partial charge in [-0.1, -0.05) is 77.6 Å². The van der Waals surface area contributed by atoms with Gasteiger partial charge in [0.1, 0.15) is 0 Å². The van der Waals surface area contributed by atoms with Gasteiger partial charge in [0.2, 0.25) is 0 Å². The van der Waals surface area contributed by atoms with Crippen LogP contribution in [0, 0.1) is 0 Å². The van der Waals surface area contributed by atoms with Gasteiger partial charge in [-0.05, 0) is 6.42 Å². The molecule has 0 unspecified atom stereocenters. The molecule has 0 aromatic rings. The van der Waals surface area contributed by atoms with Crippen LogP contribution in [-0.4, -0.2) is 46.7 Å². The second-order valence-corrected chi connectivity index (χ2v) is 5.73. The van der Waals surface area contributed by atoms with Crippen LogP contribution in [0.3, 0.4) is 0 Å². The summed E-state index contributed by atoms with van der Waals surface area (Å²) in [6.45, 7) is 2.62. The van der Waals surface area contributed by atoms with Crippen molar-refractivity contribution in [1.82, 2.24) is 0 Å². The maximum atomic E-state index is 11.1. The fourth-order valence-corrected chi connectivity index (χ4v) is 2.30. The molecule has 0 fully saturated rings. The Balaban J connectivity index is 0. The first-order valence-corrected chi connectivity index (χ1v) is 8.74. The molecule has 0 saturated carbocycles. The number of hydrogen-bond acceptors (Lipinski definition) is 3. The molecule has 0 rings (SSSR count). The summed E-state index contributed by atoms with van der Waals surface area (Å²) in [5.41, 5.74) is 0. The summed E-state index contributed by atoms with van der Waals surface area (Å²) in [6.07, 6.45) is 16.9. The van der Waals surface area contributed by atoms with E-state index in [1.54, 1.807) is 0 Å². The van der Waals surface area contributed by atoms with Crippen molar-refractivity contribution < 1.29 is 19.4 Å². The van der Waals surface area contributed by atoms with Gasteiger partial charge in [0.25, 0.3) is 0 Å². The molecule has 0 spiro atoms. The number of ether oxygens (including phenoxy) is 1. The highest BCUT2D eigenvalue weighted by Gasteiger charge is 1.98. The molecule has 0 bridgehead atoms. The molecular formula is C18H34MgO4. The minimum atomic E-state index is -1.14. The summed E-state index contributed by atoms with van der Waals surface area (Å²) >= 11 is 0. The lowest BCUT2D eigenvalue weighted by atomic mass is 10.1. The van der Waals surface area contributed by atoms with Crippen LogP contribution >= 0.6 is 0 Å². The fraction of sp³-hybridized carbons (Fsp3) is 0.778. The fourth-order valence-electron chi connectivity index (χ4n) is 2.30. The van der Waals surface area contributed by atoms with Gasteiger partial charge in [-0.25, -0.2) is 9.59 Å². The third kappa shape index (κ3) is 21.4. The number of carbonyl (C=O) groups excluding carboxylic acids is 1. The molecule has 0 saturated heterocycles. The first-order valence-electron chi connectivity index (χ1n) is 8.74. The van der Waals surface area contributed by atoms with Gasteiger partial charge in [-0.15, -0.1) is 0 Å². The summed E-state index contributed by atoms with van der Waals surface area (Å²) in [4.78, 5) is 21.3. The number of esters is 1. The Labute approximate surface area is 157 Å². The molecule has 132 valence electrons. The Morgan fingerprint density at radius 2 is 1.22 bits per heavy atom. The third-order valence-corrected chi connectivity index (χ3v) is 3.60. The number of carboxylic acids is 1. The molecule has 23 heavy (non-hydrogen) atoms. The lowest BCUT2D eigenvalue weighted by Gasteiger charge is -2.03. The number of hydrogen-bond donors (Lipinski definition) is 1. The van der Waals surface area contributed by atoms with E-state index in [0.29, 0.717) is 6.61 Å². The number of carboxylic acid groups (broad SMARTS) is 1. The molecule has 1 N–H and O–H groups in total. The summed E-state index contributed by atoms with van der Waals surface area (Å²) in [5, 5.41) is 8.35. The van der Waals surface area contributed by atoms with Crippen molar-refractivity contribution in [2.24, 2.45) is 0 Å². The van der Waals surface area contributed by atoms with E-state index >= 15 is 0 Å². The third-order valence-electron chi connectivity index (χ3n) is 3.60. The topological polar surface area (TPSA) is 63.6 Å². The van der Waals surface area contributed by atoms with Gasteiger partial charge in [0.05, 0.1) is 6.61 Å². The van der Waals surface area contributed by atoms with Gasteiger partial charge in [0.15, 0.2) is 0 Å². The maximum absolute atomic E-state index is 11.1. The molecule has 0 aliphatic carbocycles. The van der Waals surface area contributed by atoms with E-state index in [0.717, 1.165) is 25.0 Å². The van der Waals surface area contributed by atoms with Crippen LogP contribution in [0.1, 0.15) is 84.0 Å². The molecule has 0 aromatic carbocycles. The molecule has 0 atom stereocenters. The Morgan fingerprint density at radius 3 is 1.65 bits per heavy atom. The maximum Gasteiger partial charge on any atom is 0.331 e. The standard InChI is InChI=1S/C18H32O4.Mg.2H/c1-2-3-4-5-6-7-8-9-10-11-12-13-16-22-18(21)15-14-17(19)20;;;/h14-15H,2-13,16H2,1H3,(H,19,20);;;. The van der Waals surface area contributed by atoms with E-state index in [2.05, 4.69) is 6.92 Å². The van der Waals surface area contributed by atoms with Gasteiger partial charge in [0, 0.05) is 12.2 Å². The zero-order valence-corrected chi connectivity index (χ0v) is 14.0. The highest BCUT2D eigenvalue weighted by atomic mass is 24.3. The van der Waals surface area contributed by atoms with Crippen LogP contribution in [-0.2, 0) is 14.3 Å². The van der Waals surface area contributed by atoms with Crippen LogP contribution in [0.4, 0.5) is 0 Å². The van der Waals surface area contributed by atoms with Crippen LogP contribution in [0.5, 0.6) is 0 Å². The van der Waals surface area contributed by atoms with Crippen molar-refractivity contribution in [2.45, 2.75) is 84.0 Å². The van der Waals surface area contributed by atoms with Crippen molar-refractivity contribution in [2.75, 3.05) is 6.61 Å². The average molecular weight is 339 g/mol. The van der Waals surface area contributed by atoms with E-state index in [-0.39, 0.29) is 23.1 Å². The van der Waals surface area contributed by atoms with Gasteiger partial charge < -0.3 is 9.84 Å². The molecule has 0 aliphatic heterocycles. The largest absolute Gasteiger partial charge is 0.478 e. The Morgan fingerprint density at radius 1 is 0.783 bits per heavy atom. The van der Waals surface area contributed by atoms with Crippen molar-refractivity contribution in [3.05, 3.63) is 12.2 Å². The number of aliphatic carboxylic acids is 1. The molecule has 0 heterocycles. The zero-order chi connectivity index (χ0) is 16.5. The van der Waals surface area contributed by atoms with Crippen LogP contribution in [0.25, 0.3) is 0 Å². The highest BCUT2D eigenvalue weighted by Crippen LogP contribution is 2.11. The summed E-state index contributed by atoms with van der Waals surface area (Å²) in [6, 6.07) is 0. The Hall–Kier alpha value is -0.554. The van der Waals surface area contributed by atoms with E-state index in [1.165, 1.54) is 64.2 Å². The van der Waals surface area contributed by atoms with E-state index in [4.69, 9.17) is 9.84 Å². The predicted octanol–water partition coefficient (Wildman–Crippen LogP) is 3.96. The molecule has 5 heteroatoms. The first-order chi connectivity index (χ1) is 10.7. The Bertz CT molecular complexity index is 316. The number of rotatable bonds is 15. The molecule has 0 radical (unpaired) electrons. The zero-order valence-electron chi connectivity index (χ0n) is 14.0. The van der Waals surface area contributed by atoms with Crippen molar-refractivity contribution in [3.8, 4) is 0 Å². The SMILES string of the molecule is CCCCCCCCCCCCCCOC(=O)C=CC(=O)O.[MgH2]. The summed E-state index contributed by atoms with van der Waals surface area (Å²) in [7, 11) is 0. The van der Waals surface area contributed by atoms with Crippen LogP contribution in [0.15, 0.2) is 12.2 Å². The van der Waals surface area contributed by atoms with Crippen LogP contribution in [0.2, 0.25) is 0 Å². The first kappa shape index (κ1) is 24.7. The van der Waals surface area contributed by atoms with E-state index in [1.807, 2.05) is 0 Å². The second-order valence-electron chi connectivity index (χ2n) is 5.73. The normalized spacial score (nSPS) is 10.5. The lowest BCUT2D eigenvalue weighted by molar-refractivity contribution is -0.138. The molecule has 0 aromatic heterocycles. The van der Waals surface area contributed by atoms with Crippen molar-refractivity contribution >= 4 is 35.0 Å². The van der Waals surface area contributed by atoms with Gasteiger partial charge >= 0.3 is 35.0 Å². The van der Waals surface area contributed by atoms with E-state index in [9.17, 15) is 9.59 Å². The summed E-state index contributed by atoms with van der Waals surface area (Å²) in [5.74, 6) is -1.72. The summed E-state index contributed by atoms with van der Waals surface area (Å²) < 4.78 is 4.90. The number of carbonyl (C=O) groups is 2. The minimum Gasteiger partial charge on any atom is -0.478 e. The van der Waals surface area contributed by atoms with E-state index < -0.39 is 11.9 Å². The van der Waals surface area contributed by atoms with Crippen molar-refractivity contribution in [1.29, 1.82) is 0 Å². The van der Waals surface area contributed by atoms with Crippen LogP contribution < -0.4 is 0 Å². The predicted molar refractivity (Wildman–Crippen MR) is 97.4 cm³/mol. The number of unbranched alkanes of at least 4 members (excludes halogenated alkanes) is 11. The smallest absolute Gasteiger partial charge is 0.331 e. The quantitative estimate of drug-likeness (QED) is 0.212. The minimum absolute atomic E-state index is 0. The Kier molecular flexibility index (Phi) is 20.9. The molecule has 0 amide bonds. The van der Waals surface area contributed by atoms with Gasteiger partial charge in [-0.3, -0.25) is 0 Å². The van der Waals surface area contributed by atoms with Crippen molar-refractivity contribution in [3.63, 3.8) is 0 Å². The second kappa shape index (κ2) is 19.5. The molecular weight excluding hydrogens is 304 g/mol. The highest BCUT2D eigenvalue weighted by molar-refractivity contribution is 5.90. The van der Waals surface area contributed by atoms with Gasteiger partial charge in [-0.2, -0.15) is 0 Å². The monoisotopic (exact) mass is 338 g/mol. The molecule has 0 aliphatic rings. The molecule has 4 nitrogen and oxygen atoms in total. The average Bonchev–Trinajstić information content (AvgIpc) is 2.49. The lowest BCUT2D eigenvalue weighted by Crippen LogP contribution is -2.03.